The lowest BCUT2D eigenvalue weighted by atomic mass is 10.1. The molecule has 43 heavy (non-hydrogen) atoms. The zero-order chi connectivity index (χ0) is 30.6. The average molecular weight is 623 g/mol. The van der Waals surface area contributed by atoms with Crippen molar-refractivity contribution in [1.29, 1.82) is 0 Å². The lowest BCUT2D eigenvalue weighted by Gasteiger charge is -2.36. The molecule has 226 valence electrons. The lowest BCUT2D eigenvalue weighted by Crippen LogP contribution is -2.50. The zero-order valence-corrected chi connectivity index (χ0v) is 25.8. The Bertz CT molecular complexity index is 1720. The van der Waals surface area contributed by atoms with Crippen molar-refractivity contribution in [3.63, 3.8) is 0 Å². The zero-order valence-electron chi connectivity index (χ0n) is 23.8. The molecule has 1 unspecified atom stereocenters. The van der Waals surface area contributed by atoms with Gasteiger partial charge in [-0.05, 0) is 94.5 Å². The molecule has 1 aromatic heterocycles. The van der Waals surface area contributed by atoms with Gasteiger partial charge in [0, 0.05) is 67.4 Å². The van der Waals surface area contributed by atoms with Crippen molar-refractivity contribution in [2.45, 2.75) is 11.3 Å². The van der Waals surface area contributed by atoms with Crippen LogP contribution in [0.3, 0.4) is 0 Å². The number of carbonyl (C=O) groups is 2. The highest BCUT2D eigenvalue weighted by Gasteiger charge is 2.22. The van der Waals surface area contributed by atoms with E-state index in [2.05, 4.69) is 25.7 Å². The molecule has 3 aromatic carbocycles. The molecule has 4 aromatic rings. The van der Waals surface area contributed by atoms with E-state index < -0.39 is 10.0 Å². The first-order chi connectivity index (χ1) is 20.6. The monoisotopic (exact) mass is 622 g/mol. The molecule has 0 spiro atoms. The number of amides is 2. The summed E-state index contributed by atoms with van der Waals surface area (Å²) in [5.74, 6) is 0.588. The molecule has 0 aliphatic carbocycles. The van der Waals surface area contributed by atoms with Gasteiger partial charge in [-0.1, -0.05) is 0 Å². The van der Waals surface area contributed by atoms with Crippen molar-refractivity contribution in [3.8, 4) is 5.75 Å². The number of fused-ring (bicyclic) bond motifs is 1. The highest BCUT2D eigenvalue weighted by atomic mass is 32.2. The molecule has 1 fully saturated rings. The number of benzene rings is 3. The van der Waals surface area contributed by atoms with Crippen LogP contribution >= 0.6 is 9.24 Å². The van der Waals surface area contributed by atoms with E-state index >= 15 is 0 Å². The molecular weight excluding hydrogens is 587 g/mol. The maximum atomic E-state index is 12.9. The van der Waals surface area contributed by atoms with E-state index in [1.54, 1.807) is 17.0 Å². The molecular formula is C30H35N6O5PS. The molecule has 0 bridgehead atoms. The summed E-state index contributed by atoms with van der Waals surface area (Å²) in [5.41, 5.74) is 9.57. The summed E-state index contributed by atoms with van der Waals surface area (Å²) < 4.78 is 36.1. The number of carbonyl (C=O) groups excluding carboxylic acids is 2. The van der Waals surface area contributed by atoms with Gasteiger partial charge in [-0.25, -0.2) is 8.42 Å². The first-order valence-electron chi connectivity index (χ1n) is 13.9. The molecule has 2 amide bonds. The quantitative estimate of drug-likeness (QED) is 0.230. The molecule has 11 nitrogen and oxygen atoms in total. The van der Waals surface area contributed by atoms with Crippen LogP contribution in [0.25, 0.3) is 10.9 Å². The summed E-state index contributed by atoms with van der Waals surface area (Å²) in [6.45, 7) is 2.94. The maximum absolute atomic E-state index is 12.9. The number of anilines is 3. The van der Waals surface area contributed by atoms with Crippen LogP contribution in [0.15, 0.2) is 77.8 Å². The number of nitrogens with zero attached hydrogens (tertiary/aromatic N) is 3. The number of aryl methyl sites for hydroxylation is 1. The van der Waals surface area contributed by atoms with E-state index in [1.165, 1.54) is 24.3 Å². The molecule has 1 saturated heterocycles. The number of hydrogen-bond acceptors (Lipinski definition) is 7. The predicted molar refractivity (Wildman–Crippen MR) is 172 cm³/mol. The van der Waals surface area contributed by atoms with Gasteiger partial charge in [-0.2, -0.15) is 0 Å². The smallest absolute Gasteiger partial charge is 0.261 e. The van der Waals surface area contributed by atoms with Gasteiger partial charge >= 0.3 is 0 Å². The number of rotatable bonds is 10. The van der Waals surface area contributed by atoms with E-state index in [0.717, 1.165) is 28.6 Å². The van der Waals surface area contributed by atoms with Gasteiger partial charge in [-0.15, -0.1) is 0 Å². The van der Waals surface area contributed by atoms with Crippen LogP contribution in [0.1, 0.15) is 5.56 Å². The van der Waals surface area contributed by atoms with Crippen molar-refractivity contribution >= 4 is 58.8 Å². The van der Waals surface area contributed by atoms with Crippen LogP contribution in [-0.2, 0) is 28.3 Å². The van der Waals surface area contributed by atoms with E-state index in [4.69, 9.17) is 10.5 Å². The van der Waals surface area contributed by atoms with Crippen molar-refractivity contribution in [3.05, 3.63) is 78.5 Å². The molecule has 4 N–H and O–H groups in total. The lowest BCUT2D eigenvalue weighted by molar-refractivity contribution is -0.133. The number of piperazine rings is 1. The minimum atomic E-state index is -3.80. The van der Waals surface area contributed by atoms with Crippen molar-refractivity contribution in [2.75, 3.05) is 54.3 Å². The average Bonchev–Trinajstić information content (AvgIpc) is 3.30. The van der Waals surface area contributed by atoms with Crippen LogP contribution in [0.4, 0.5) is 21.9 Å². The number of nitrogens with one attached hydrogen (secondary N) is 2. The van der Waals surface area contributed by atoms with Crippen molar-refractivity contribution < 1.29 is 22.7 Å². The van der Waals surface area contributed by atoms with Crippen molar-refractivity contribution in [2.24, 2.45) is 12.8 Å². The van der Waals surface area contributed by atoms with Gasteiger partial charge < -0.3 is 30.2 Å². The predicted octanol–water partition coefficient (Wildman–Crippen LogP) is 3.61. The van der Waals surface area contributed by atoms with Gasteiger partial charge in [0.15, 0.2) is 6.61 Å². The highest BCUT2D eigenvalue weighted by Crippen LogP contribution is 2.26. The Kier molecular flexibility index (Phi) is 9.19. The second kappa shape index (κ2) is 13.0. The molecule has 1 aliphatic heterocycles. The van der Waals surface area contributed by atoms with Crippen LogP contribution in [-0.4, -0.2) is 68.8 Å². The summed E-state index contributed by atoms with van der Waals surface area (Å²) in [7, 11) is 0.206. The summed E-state index contributed by atoms with van der Waals surface area (Å²) in [4.78, 5) is 28.1. The van der Waals surface area contributed by atoms with Crippen molar-refractivity contribution in [1.82, 2.24) is 9.47 Å². The molecule has 1 atom stereocenters. The number of hydrogen-bond donors (Lipinski definition) is 3. The van der Waals surface area contributed by atoms with Crippen LogP contribution in [0.5, 0.6) is 5.75 Å². The Morgan fingerprint density at radius 1 is 0.953 bits per heavy atom. The van der Waals surface area contributed by atoms with Crippen LogP contribution in [0, 0.1) is 0 Å². The van der Waals surface area contributed by atoms with Gasteiger partial charge in [-0.3, -0.25) is 14.3 Å². The Labute approximate surface area is 253 Å². The Balaban J connectivity index is 1.12. The van der Waals surface area contributed by atoms with Crippen LogP contribution in [0.2, 0.25) is 0 Å². The molecule has 0 saturated carbocycles. The SMILES string of the molecule is Cn1cc(CCN)c2cc(OCC(=O)N3CCN(c4ccc(NS(=O)(=O)c5ccc(NC(=O)P)cc5)cc4)CC3)ccc21. The second-order valence-corrected chi connectivity index (χ2v) is 12.5. The number of ether oxygens (including phenoxy) is 1. The maximum Gasteiger partial charge on any atom is 0.261 e. The van der Waals surface area contributed by atoms with Gasteiger partial charge in [0.05, 0.1) is 4.90 Å². The Morgan fingerprint density at radius 3 is 2.28 bits per heavy atom. The standard InChI is InChI=1S/C30H35N6O5PS/c1-34-19-21(12-13-31)27-18-25(8-11-28(27)34)41-20-29(37)36-16-14-35(15-17-36)24-6-2-23(3-7-24)33-43(39,40)26-9-4-22(5-10-26)32-30(38)42/h2-11,18-19,33H,12-17,20,31,42H2,1H3,(H,32,38). The van der Waals surface area contributed by atoms with Crippen LogP contribution < -0.4 is 25.4 Å². The number of sulfonamides is 1. The number of nitrogens with two attached hydrogens (primary N) is 1. The third-order valence-electron chi connectivity index (χ3n) is 7.37. The van der Waals surface area contributed by atoms with E-state index in [0.29, 0.717) is 49.8 Å². The second-order valence-electron chi connectivity index (χ2n) is 10.3. The summed E-state index contributed by atoms with van der Waals surface area (Å²) in [5, 5.41) is 3.66. The van der Waals surface area contributed by atoms with Gasteiger partial charge in [0.25, 0.3) is 15.9 Å². The topological polar surface area (TPSA) is 139 Å². The fourth-order valence-electron chi connectivity index (χ4n) is 5.16. The van der Waals surface area contributed by atoms with E-state index in [-0.39, 0.29) is 23.1 Å². The normalized spacial score (nSPS) is 13.7. The minimum Gasteiger partial charge on any atom is -0.484 e. The Morgan fingerprint density at radius 2 is 1.63 bits per heavy atom. The van der Waals surface area contributed by atoms with E-state index in [1.807, 2.05) is 46.6 Å². The molecule has 2 heterocycles. The van der Waals surface area contributed by atoms with E-state index in [9.17, 15) is 18.0 Å². The summed E-state index contributed by atoms with van der Waals surface area (Å²) in [6, 6.07) is 18.9. The van der Waals surface area contributed by atoms with Gasteiger partial charge in [0.1, 0.15) is 5.75 Å². The fourth-order valence-corrected chi connectivity index (χ4v) is 6.39. The molecule has 13 heteroatoms. The minimum absolute atomic E-state index is 0.0333. The largest absolute Gasteiger partial charge is 0.484 e. The molecule has 0 radical (unpaired) electrons. The molecule has 5 rings (SSSR count). The fraction of sp³-hybridized carbons (Fsp3) is 0.267. The first kappa shape index (κ1) is 30.3. The third-order valence-corrected chi connectivity index (χ3v) is 8.91. The first-order valence-corrected chi connectivity index (χ1v) is 15.9. The third kappa shape index (κ3) is 7.27. The summed E-state index contributed by atoms with van der Waals surface area (Å²) in [6.07, 6.45) is 2.85. The highest BCUT2D eigenvalue weighted by molar-refractivity contribution is 7.92. The van der Waals surface area contributed by atoms with Gasteiger partial charge in [0.2, 0.25) is 5.65 Å². The Hall–Kier alpha value is -4.12. The molecule has 1 aliphatic rings. The number of aromatic nitrogens is 1. The summed E-state index contributed by atoms with van der Waals surface area (Å²) >= 11 is 0.